The van der Waals surface area contributed by atoms with Crippen LogP contribution in [-0.4, -0.2) is 38.9 Å². The molecule has 0 unspecified atom stereocenters. The number of ketones is 1. The van der Waals surface area contributed by atoms with E-state index < -0.39 is 0 Å². The van der Waals surface area contributed by atoms with Crippen molar-refractivity contribution in [3.63, 3.8) is 0 Å². The second-order valence-electron chi connectivity index (χ2n) is 4.63. The molecule has 0 bridgehead atoms. The Kier molecular flexibility index (Phi) is 3.65. The van der Waals surface area contributed by atoms with Crippen LogP contribution in [0.5, 0.6) is 0 Å². The van der Waals surface area contributed by atoms with Crippen LogP contribution in [0.2, 0.25) is 0 Å². The number of thiazole rings is 1. The van der Waals surface area contributed by atoms with E-state index in [-0.39, 0.29) is 5.78 Å². The molecular formula is C12H15N5OS. The maximum Gasteiger partial charge on any atom is 0.189 e. The standard InChI is InChI=1S/C12H15N5OS/c18-12(5-10-6-14-8-19-10)11-7-17(16-15-11)9-1-3-13-4-2-9/h6-9,13H,1-5H2. The summed E-state index contributed by atoms with van der Waals surface area (Å²) in [5.74, 6) is 0.00411. The topological polar surface area (TPSA) is 72.7 Å². The SMILES string of the molecule is O=C(Cc1cncs1)c1cn(C2CCNCC2)nn1. The number of carbonyl (C=O) groups is 1. The van der Waals surface area contributed by atoms with Gasteiger partial charge in [-0.05, 0) is 25.9 Å². The fourth-order valence-electron chi connectivity index (χ4n) is 2.23. The summed E-state index contributed by atoms with van der Waals surface area (Å²) in [4.78, 5) is 17.0. The molecule has 0 aromatic carbocycles. The molecule has 1 aliphatic rings. The number of rotatable bonds is 4. The molecular weight excluding hydrogens is 262 g/mol. The number of Topliss-reactive ketones (excluding diaryl/α,β-unsaturated/α-hetero) is 1. The van der Waals surface area contributed by atoms with E-state index in [0.717, 1.165) is 30.8 Å². The Balaban J connectivity index is 1.68. The Labute approximate surface area is 114 Å². The summed E-state index contributed by atoms with van der Waals surface area (Å²) >= 11 is 1.49. The van der Waals surface area contributed by atoms with Crippen LogP contribution >= 0.6 is 11.3 Å². The first kappa shape index (κ1) is 12.4. The molecule has 19 heavy (non-hydrogen) atoms. The van der Waals surface area contributed by atoms with Gasteiger partial charge in [0, 0.05) is 17.5 Å². The van der Waals surface area contributed by atoms with E-state index in [1.807, 2.05) is 4.68 Å². The van der Waals surface area contributed by atoms with Crippen LogP contribution in [-0.2, 0) is 6.42 Å². The lowest BCUT2D eigenvalue weighted by atomic mass is 10.1. The quantitative estimate of drug-likeness (QED) is 0.847. The molecule has 100 valence electrons. The Hall–Kier alpha value is -1.60. The zero-order valence-corrected chi connectivity index (χ0v) is 11.3. The number of aromatic nitrogens is 4. The second-order valence-corrected chi connectivity index (χ2v) is 5.60. The van der Waals surface area contributed by atoms with E-state index in [1.165, 1.54) is 11.3 Å². The minimum Gasteiger partial charge on any atom is -0.317 e. The number of hydrogen-bond donors (Lipinski definition) is 1. The van der Waals surface area contributed by atoms with Crippen molar-refractivity contribution in [2.75, 3.05) is 13.1 Å². The lowest BCUT2D eigenvalue weighted by molar-refractivity contribution is 0.0989. The van der Waals surface area contributed by atoms with E-state index in [2.05, 4.69) is 20.6 Å². The van der Waals surface area contributed by atoms with E-state index in [9.17, 15) is 4.79 Å². The first-order valence-corrected chi connectivity index (χ1v) is 7.24. The van der Waals surface area contributed by atoms with Crippen molar-refractivity contribution in [3.05, 3.63) is 28.5 Å². The van der Waals surface area contributed by atoms with Gasteiger partial charge in [-0.2, -0.15) is 0 Å². The number of carbonyl (C=O) groups excluding carboxylic acids is 1. The van der Waals surface area contributed by atoms with Gasteiger partial charge in [-0.1, -0.05) is 5.21 Å². The third-order valence-electron chi connectivity index (χ3n) is 3.30. The molecule has 1 saturated heterocycles. The van der Waals surface area contributed by atoms with Crippen molar-refractivity contribution < 1.29 is 4.79 Å². The smallest absolute Gasteiger partial charge is 0.189 e. The summed E-state index contributed by atoms with van der Waals surface area (Å²) in [6.45, 7) is 1.99. The molecule has 1 aliphatic heterocycles. The monoisotopic (exact) mass is 277 g/mol. The molecule has 1 fully saturated rings. The zero-order valence-electron chi connectivity index (χ0n) is 10.5. The highest BCUT2D eigenvalue weighted by molar-refractivity contribution is 7.09. The average Bonchev–Trinajstić information content (AvgIpc) is 3.10. The van der Waals surface area contributed by atoms with Crippen molar-refractivity contribution in [1.29, 1.82) is 0 Å². The van der Waals surface area contributed by atoms with Gasteiger partial charge >= 0.3 is 0 Å². The maximum absolute atomic E-state index is 12.1. The van der Waals surface area contributed by atoms with E-state index in [4.69, 9.17) is 0 Å². The van der Waals surface area contributed by atoms with Crippen LogP contribution in [0.15, 0.2) is 17.9 Å². The summed E-state index contributed by atoms with van der Waals surface area (Å²) in [7, 11) is 0. The number of hydrogen-bond acceptors (Lipinski definition) is 6. The van der Waals surface area contributed by atoms with Gasteiger partial charge in [-0.25, -0.2) is 4.68 Å². The molecule has 2 aromatic rings. The highest BCUT2D eigenvalue weighted by Crippen LogP contribution is 2.17. The molecule has 0 radical (unpaired) electrons. The van der Waals surface area contributed by atoms with Crippen molar-refractivity contribution >= 4 is 17.1 Å². The van der Waals surface area contributed by atoms with E-state index in [1.54, 1.807) is 17.9 Å². The Morgan fingerprint density at radius 1 is 1.47 bits per heavy atom. The second kappa shape index (κ2) is 5.58. The average molecular weight is 277 g/mol. The number of nitrogens with one attached hydrogen (secondary N) is 1. The molecule has 0 aliphatic carbocycles. The molecule has 0 spiro atoms. The summed E-state index contributed by atoms with van der Waals surface area (Å²) < 4.78 is 1.83. The number of piperidine rings is 1. The lowest BCUT2D eigenvalue weighted by Crippen LogP contribution is -2.29. The lowest BCUT2D eigenvalue weighted by Gasteiger charge is -2.22. The van der Waals surface area contributed by atoms with Gasteiger partial charge in [-0.15, -0.1) is 16.4 Å². The highest BCUT2D eigenvalue weighted by atomic mass is 32.1. The van der Waals surface area contributed by atoms with Gasteiger partial charge in [0.15, 0.2) is 5.78 Å². The highest BCUT2D eigenvalue weighted by Gasteiger charge is 2.19. The van der Waals surface area contributed by atoms with Crippen molar-refractivity contribution in [2.24, 2.45) is 0 Å². The predicted molar refractivity (Wildman–Crippen MR) is 71.3 cm³/mol. The fraction of sp³-hybridized carbons (Fsp3) is 0.500. The molecule has 7 heteroatoms. The van der Waals surface area contributed by atoms with E-state index in [0.29, 0.717) is 18.2 Å². The molecule has 3 heterocycles. The molecule has 2 aromatic heterocycles. The first-order valence-electron chi connectivity index (χ1n) is 6.36. The fourth-order valence-corrected chi connectivity index (χ4v) is 2.83. The molecule has 6 nitrogen and oxygen atoms in total. The third-order valence-corrected chi connectivity index (χ3v) is 4.08. The van der Waals surface area contributed by atoms with Crippen LogP contribution < -0.4 is 5.32 Å². The van der Waals surface area contributed by atoms with Gasteiger partial charge < -0.3 is 5.32 Å². The predicted octanol–water partition coefficient (Wildman–Crippen LogP) is 1.08. The van der Waals surface area contributed by atoms with Crippen LogP contribution in [0.25, 0.3) is 0 Å². The van der Waals surface area contributed by atoms with Crippen LogP contribution in [0, 0.1) is 0 Å². The Morgan fingerprint density at radius 3 is 3.05 bits per heavy atom. The molecule has 0 amide bonds. The largest absolute Gasteiger partial charge is 0.317 e. The maximum atomic E-state index is 12.1. The first-order chi connectivity index (χ1) is 9.33. The Bertz CT molecular complexity index is 544. The van der Waals surface area contributed by atoms with Gasteiger partial charge in [0.2, 0.25) is 0 Å². The zero-order chi connectivity index (χ0) is 13.1. The summed E-state index contributed by atoms with van der Waals surface area (Å²) in [6, 6.07) is 0.360. The Morgan fingerprint density at radius 2 is 2.32 bits per heavy atom. The molecule has 3 rings (SSSR count). The normalized spacial score (nSPS) is 16.6. The molecule has 0 atom stereocenters. The van der Waals surface area contributed by atoms with Crippen LogP contribution in [0.4, 0.5) is 0 Å². The molecule has 0 saturated carbocycles. The van der Waals surface area contributed by atoms with Crippen molar-refractivity contribution in [1.82, 2.24) is 25.3 Å². The van der Waals surface area contributed by atoms with Gasteiger partial charge in [0.1, 0.15) is 5.69 Å². The van der Waals surface area contributed by atoms with Gasteiger partial charge in [0.05, 0.1) is 17.7 Å². The van der Waals surface area contributed by atoms with Gasteiger partial charge in [0.25, 0.3) is 0 Å². The third kappa shape index (κ3) is 2.87. The van der Waals surface area contributed by atoms with Gasteiger partial charge in [-0.3, -0.25) is 9.78 Å². The summed E-state index contributed by atoms with van der Waals surface area (Å²) in [6.07, 6.45) is 5.92. The minimum atomic E-state index is 0.00411. The summed E-state index contributed by atoms with van der Waals surface area (Å²) in [5.41, 5.74) is 2.18. The molecule has 1 N–H and O–H groups in total. The van der Waals surface area contributed by atoms with Crippen molar-refractivity contribution in [3.8, 4) is 0 Å². The van der Waals surface area contributed by atoms with Crippen molar-refractivity contribution in [2.45, 2.75) is 25.3 Å². The minimum absolute atomic E-state index is 0.00411. The van der Waals surface area contributed by atoms with Crippen LogP contribution in [0.3, 0.4) is 0 Å². The summed E-state index contributed by atoms with van der Waals surface area (Å²) in [5, 5.41) is 11.4. The van der Waals surface area contributed by atoms with Crippen LogP contribution in [0.1, 0.15) is 34.2 Å². The number of nitrogens with zero attached hydrogens (tertiary/aromatic N) is 4. The van der Waals surface area contributed by atoms with E-state index >= 15 is 0 Å².